The van der Waals surface area contributed by atoms with Crippen molar-refractivity contribution < 1.29 is 14.0 Å². The SMILES string of the molecule is CON(C)C(=O)CN(C)c1cc(=O)oc2ccccc12. The third-order valence-corrected chi connectivity index (χ3v) is 3.04. The lowest BCUT2D eigenvalue weighted by atomic mass is 10.2. The lowest BCUT2D eigenvalue weighted by molar-refractivity contribution is -0.166. The summed E-state index contributed by atoms with van der Waals surface area (Å²) >= 11 is 0. The van der Waals surface area contributed by atoms with Crippen LogP contribution in [0.5, 0.6) is 0 Å². The van der Waals surface area contributed by atoms with Crippen molar-refractivity contribution in [3.8, 4) is 0 Å². The monoisotopic (exact) mass is 276 g/mol. The van der Waals surface area contributed by atoms with E-state index in [9.17, 15) is 9.59 Å². The lowest BCUT2D eigenvalue weighted by Crippen LogP contribution is -2.36. The molecule has 2 rings (SSSR count). The number of nitrogens with zero attached hydrogens (tertiary/aromatic N) is 2. The van der Waals surface area contributed by atoms with E-state index in [1.165, 1.54) is 20.2 Å². The van der Waals surface area contributed by atoms with Crippen LogP contribution in [0.2, 0.25) is 0 Å². The molecule has 0 aliphatic carbocycles. The Bertz CT molecular complexity index is 680. The van der Waals surface area contributed by atoms with Gasteiger partial charge in [0.1, 0.15) is 5.58 Å². The molecule has 6 nitrogen and oxygen atoms in total. The van der Waals surface area contributed by atoms with Gasteiger partial charge >= 0.3 is 5.63 Å². The number of hydrogen-bond donors (Lipinski definition) is 0. The molecule has 1 heterocycles. The Labute approximate surface area is 116 Å². The molecule has 0 bridgehead atoms. The number of likely N-dealkylation sites (N-methyl/N-ethyl adjacent to an activating group) is 2. The van der Waals surface area contributed by atoms with E-state index in [0.29, 0.717) is 11.3 Å². The second-order valence-electron chi connectivity index (χ2n) is 4.38. The molecule has 20 heavy (non-hydrogen) atoms. The summed E-state index contributed by atoms with van der Waals surface area (Å²) in [4.78, 5) is 29.9. The second-order valence-corrected chi connectivity index (χ2v) is 4.38. The van der Waals surface area contributed by atoms with Crippen molar-refractivity contribution in [1.29, 1.82) is 0 Å². The van der Waals surface area contributed by atoms with Crippen molar-refractivity contribution >= 4 is 22.6 Å². The fraction of sp³-hybridized carbons (Fsp3) is 0.286. The van der Waals surface area contributed by atoms with Gasteiger partial charge in [0.05, 0.1) is 19.3 Å². The van der Waals surface area contributed by atoms with Crippen molar-refractivity contribution in [3.05, 3.63) is 40.8 Å². The van der Waals surface area contributed by atoms with Crippen LogP contribution in [0.15, 0.2) is 39.5 Å². The van der Waals surface area contributed by atoms with E-state index in [0.717, 1.165) is 10.4 Å². The van der Waals surface area contributed by atoms with E-state index >= 15 is 0 Å². The van der Waals surface area contributed by atoms with E-state index in [-0.39, 0.29) is 12.5 Å². The smallest absolute Gasteiger partial charge is 0.338 e. The van der Waals surface area contributed by atoms with Gasteiger partial charge in [-0.25, -0.2) is 9.86 Å². The summed E-state index contributed by atoms with van der Waals surface area (Å²) in [6, 6.07) is 8.58. The summed E-state index contributed by atoms with van der Waals surface area (Å²) in [5, 5.41) is 1.92. The molecule has 0 saturated carbocycles. The van der Waals surface area contributed by atoms with E-state index in [1.54, 1.807) is 24.1 Å². The molecule has 6 heteroatoms. The van der Waals surface area contributed by atoms with Crippen molar-refractivity contribution in [2.75, 3.05) is 32.6 Å². The molecule has 0 atom stereocenters. The van der Waals surface area contributed by atoms with Crippen LogP contribution in [-0.2, 0) is 9.63 Å². The van der Waals surface area contributed by atoms with Crippen LogP contribution >= 0.6 is 0 Å². The highest BCUT2D eigenvalue weighted by Gasteiger charge is 2.15. The van der Waals surface area contributed by atoms with Gasteiger partial charge in [0, 0.05) is 25.5 Å². The van der Waals surface area contributed by atoms with Crippen LogP contribution in [0.4, 0.5) is 5.69 Å². The molecule has 0 fully saturated rings. The molecule has 0 aliphatic heterocycles. The Balaban J connectivity index is 2.37. The van der Waals surface area contributed by atoms with E-state index in [2.05, 4.69) is 0 Å². The Kier molecular flexibility index (Phi) is 4.05. The normalized spacial score (nSPS) is 10.6. The van der Waals surface area contributed by atoms with Crippen LogP contribution in [0.1, 0.15) is 0 Å². The van der Waals surface area contributed by atoms with E-state index in [1.807, 2.05) is 12.1 Å². The number of para-hydroxylation sites is 1. The fourth-order valence-corrected chi connectivity index (χ4v) is 1.90. The number of fused-ring (bicyclic) bond motifs is 1. The highest BCUT2D eigenvalue weighted by atomic mass is 16.7. The molecule has 0 N–H and O–H groups in total. The molecule has 1 aromatic carbocycles. The maximum absolute atomic E-state index is 11.8. The largest absolute Gasteiger partial charge is 0.423 e. The number of anilines is 1. The highest BCUT2D eigenvalue weighted by Crippen LogP contribution is 2.23. The second kappa shape index (κ2) is 5.75. The van der Waals surface area contributed by atoms with Gasteiger partial charge in [-0.15, -0.1) is 0 Å². The van der Waals surface area contributed by atoms with Gasteiger partial charge < -0.3 is 9.32 Å². The Morgan fingerprint density at radius 1 is 1.30 bits per heavy atom. The number of hydrogen-bond acceptors (Lipinski definition) is 5. The van der Waals surface area contributed by atoms with Gasteiger partial charge in [-0.2, -0.15) is 0 Å². The zero-order chi connectivity index (χ0) is 14.7. The molecule has 0 saturated heterocycles. The van der Waals surface area contributed by atoms with E-state index in [4.69, 9.17) is 9.25 Å². The summed E-state index contributed by atoms with van der Waals surface area (Å²) < 4.78 is 5.12. The molecule has 2 aromatic rings. The first-order valence-electron chi connectivity index (χ1n) is 6.07. The summed E-state index contributed by atoms with van der Waals surface area (Å²) in [5.74, 6) is -0.215. The van der Waals surface area contributed by atoms with Crippen LogP contribution in [-0.4, -0.2) is 38.7 Å². The maximum atomic E-state index is 11.8. The average Bonchev–Trinajstić information content (AvgIpc) is 2.45. The zero-order valence-corrected chi connectivity index (χ0v) is 11.6. The van der Waals surface area contributed by atoms with Crippen LogP contribution in [0.3, 0.4) is 0 Å². The summed E-state index contributed by atoms with van der Waals surface area (Å²) in [7, 11) is 4.70. The minimum atomic E-state index is -0.446. The zero-order valence-electron chi connectivity index (χ0n) is 11.6. The molecule has 1 amide bonds. The standard InChI is InChI=1S/C14H16N2O4/c1-15(9-13(17)16(2)19-3)11-8-14(18)20-12-7-5-4-6-10(11)12/h4-8H,9H2,1-3H3. The third-order valence-electron chi connectivity index (χ3n) is 3.04. The number of hydroxylamine groups is 2. The van der Waals surface area contributed by atoms with Crippen molar-refractivity contribution in [1.82, 2.24) is 5.06 Å². The van der Waals surface area contributed by atoms with Crippen LogP contribution in [0, 0.1) is 0 Å². The van der Waals surface area contributed by atoms with Crippen LogP contribution < -0.4 is 10.5 Å². The first kappa shape index (κ1) is 14.1. The van der Waals surface area contributed by atoms with Crippen molar-refractivity contribution in [2.24, 2.45) is 0 Å². The highest BCUT2D eigenvalue weighted by molar-refractivity contribution is 5.92. The summed E-state index contributed by atoms with van der Waals surface area (Å²) in [5.41, 5.74) is 0.696. The van der Waals surface area contributed by atoms with Gasteiger partial charge in [-0.1, -0.05) is 12.1 Å². The fourth-order valence-electron chi connectivity index (χ4n) is 1.90. The van der Waals surface area contributed by atoms with Gasteiger partial charge in [-0.05, 0) is 12.1 Å². The third kappa shape index (κ3) is 2.80. The van der Waals surface area contributed by atoms with Crippen molar-refractivity contribution in [2.45, 2.75) is 0 Å². The Morgan fingerprint density at radius 2 is 2.00 bits per heavy atom. The maximum Gasteiger partial charge on any atom is 0.338 e. The number of rotatable bonds is 4. The molecular weight excluding hydrogens is 260 g/mol. The molecule has 0 radical (unpaired) electrons. The average molecular weight is 276 g/mol. The van der Waals surface area contributed by atoms with Gasteiger partial charge in [0.25, 0.3) is 5.91 Å². The molecule has 0 spiro atoms. The van der Waals surface area contributed by atoms with Gasteiger partial charge in [-0.3, -0.25) is 9.63 Å². The predicted molar refractivity (Wildman–Crippen MR) is 75.5 cm³/mol. The molecule has 106 valence electrons. The Hall–Kier alpha value is -2.34. The number of carbonyl (C=O) groups is 1. The van der Waals surface area contributed by atoms with Crippen LogP contribution in [0.25, 0.3) is 11.0 Å². The molecular formula is C14H16N2O4. The molecule has 0 aliphatic rings. The topological polar surface area (TPSA) is 63.0 Å². The first-order chi connectivity index (χ1) is 9.52. The van der Waals surface area contributed by atoms with E-state index < -0.39 is 5.63 Å². The Morgan fingerprint density at radius 3 is 2.70 bits per heavy atom. The summed E-state index contributed by atoms with van der Waals surface area (Å²) in [6.45, 7) is 0.0950. The number of benzene rings is 1. The first-order valence-corrected chi connectivity index (χ1v) is 6.07. The quantitative estimate of drug-likeness (QED) is 0.621. The lowest BCUT2D eigenvalue weighted by Gasteiger charge is -2.22. The molecule has 0 unspecified atom stereocenters. The van der Waals surface area contributed by atoms with Crippen molar-refractivity contribution in [3.63, 3.8) is 0 Å². The van der Waals surface area contributed by atoms with Gasteiger partial charge in [0.15, 0.2) is 0 Å². The number of carbonyl (C=O) groups excluding carboxylic acids is 1. The minimum Gasteiger partial charge on any atom is -0.423 e. The molecule has 1 aromatic heterocycles. The predicted octanol–water partition coefficient (Wildman–Crippen LogP) is 1.25. The summed E-state index contributed by atoms with van der Waals surface area (Å²) in [6.07, 6.45) is 0. The minimum absolute atomic E-state index is 0.0950. The number of amides is 1. The van der Waals surface area contributed by atoms with Gasteiger partial charge in [0.2, 0.25) is 0 Å².